The largest absolute Gasteiger partial charge is 0.497 e. The van der Waals surface area contributed by atoms with Gasteiger partial charge in [-0.15, -0.1) is 11.6 Å². The summed E-state index contributed by atoms with van der Waals surface area (Å²) in [6.07, 6.45) is 0. The lowest BCUT2D eigenvalue weighted by molar-refractivity contribution is 0.415. The van der Waals surface area contributed by atoms with Gasteiger partial charge in [-0.1, -0.05) is 23.7 Å². The van der Waals surface area contributed by atoms with Crippen molar-refractivity contribution in [2.24, 2.45) is 0 Å². The smallest absolute Gasteiger partial charge is 0.129 e. The summed E-state index contributed by atoms with van der Waals surface area (Å²) in [5.74, 6) is 1.84. The Morgan fingerprint density at radius 1 is 1.24 bits per heavy atom. The van der Waals surface area contributed by atoms with Crippen LogP contribution in [-0.4, -0.2) is 16.7 Å². The molecule has 0 radical (unpaired) electrons. The first-order valence-electron chi connectivity index (χ1n) is 6.52. The summed E-state index contributed by atoms with van der Waals surface area (Å²) in [6, 6.07) is 11.6. The zero-order valence-corrected chi connectivity index (χ0v) is 13.2. The van der Waals surface area contributed by atoms with E-state index in [9.17, 15) is 0 Å². The number of imidazole rings is 1. The van der Waals surface area contributed by atoms with E-state index in [1.807, 2.05) is 47.9 Å². The number of halogens is 2. The highest BCUT2D eigenvalue weighted by atomic mass is 35.5. The molecule has 0 aliphatic rings. The second-order valence-corrected chi connectivity index (χ2v) is 5.43. The molecule has 0 N–H and O–H groups in total. The first-order valence-corrected chi connectivity index (χ1v) is 7.43. The average Bonchev–Trinajstić information content (AvgIpc) is 2.85. The van der Waals surface area contributed by atoms with Crippen molar-refractivity contribution in [1.82, 2.24) is 9.55 Å². The van der Waals surface area contributed by atoms with E-state index in [2.05, 4.69) is 4.98 Å². The third-order valence-corrected chi connectivity index (χ3v) is 4.01. The molecule has 3 nitrogen and oxygen atoms in total. The average molecular weight is 321 g/mol. The minimum absolute atomic E-state index is 0.307. The summed E-state index contributed by atoms with van der Waals surface area (Å²) >= 11 is 12.5. The Kier molecular flexibility index (Phi) is 3.79. The van der Waals surface area contributed by atoms with Crippen LogP contribution in [-0.2, 0) is 5.88 Å². The Bertz CT molecular complexity index is 791. The molecule has 0 aliphatic carbocycles. The van der Waals surface area contributed by atoms with Crippen LogP contribution in [0.15, 0.2) is 36.4 Å². The van der Waals surface area contributed by atoms with Gasteiger partial charge in [0, 0.05) is 6.07 Å². The molecule has 2 aromatic carbocycles. The molecule has 1 aromatic heterocycles. The number of methoxy groups -OCH3 is 1. The van der Waals surface area contributed by atoms with Crippen molar-refractivity contribution in [2.75, 3.05) is 7.11 Å². The molecule has 0 saturated carbocycles. The number of para-hydroxylation sites is 1. The van der Waals surface area contributed by atoms with Crippen molar-refractivity contribution in [3.05, 3.63) is 52.8 Å². The van der Waals surface area contributed by atoms with Gasteiger partial charge in [0.25, 0.3) is 0 Å². The minimum atomic E-state index is 0.307. The number of aromatic nitrogens is 2. The van der Waals surface area contributed by atoms with Crippen molar-refractivity contribution >= 4 is 34.2 Å². The highest BCUT2D eigenvalue weighted by Gasteiger charge is 2.16. The zero-order chi connectivity index (χ0) is 15.0. The second kappa shape index (κ2) is 5.58. The highest BCUT2D eigenvalue weighted by molar-refractivity contribution is 6.32. The first kappa shape index (κ1) is 14.2. The second-order valence-electron chi connectivity index (χ2n) is 4.76. The molecule has 1 heterocycles. The molecule has 0 amide bonds. The molecule has 0 spiro atoms. The third kappa shape index (κ3) is 2.37. The molecule has 21 heavy (non-hydrogen) atoms. The van der Waals surface area contributed by atoms with Crippen LogP contribution in [0.5, 0.6) is 5.75 Å². The monoisotopic (exact) mass is 320 g/mol. The molecule has 0 saturated heterocycles. The van der Waals surface area contributed by atoms with Crippen LogP contribution in [0.25, 0.3) is 16.7 Å². The molecule has 0 fully saturated rings. The van der Waals surface area contributed by atoms with Crippen molar-refractivity contribution < 1.29 is 4.74 Å². The molecule has 3 rings (SSSR count). The number of benzene rings is 2. The fourth-order valence-corrected chi connectivity index (χ4v) is 2.96. The maximum Gasteiger partial charge on any atom is 0.129 e. The fraction of sp³-hybridized carbons (Fsp3) is 0.188. The molecule has 108 valence electrons. The Morgan fingerprint density at radius 3 is 2.71 bits per heavy atom. The molecule has 0 atom stereocenters. The summed E-state index contributed by atoms with van der Waals surface area (Å²) in [7, 11) is 1.64. The predicted octanol–water partition coefficient (Wildman–Crippen LogP) is 4.73. The van der Waals surface area contributed by atoms with Crippen molar-refractivity contribution in [1.29, 1.82) is 0 Å². The zero-order valence-electron chi connectivity index (χ0n) is 11.7. The number of alkyl halides is 1. The van der Waals surface area contributed by atoms with E-state index in [4.69, 9.17) is 27.9 Å². The third-order valence-electron chi connectivity index (χ3n) is 3.46. The fourth-order valence-electron chi connectivity index (χ4n) is 2.48. The Morgan fingerprint density at radius 2 is 2.05 bits per heavy atom. The van der Waals surface area contributed by atoms with Gasteiger partial charge in [-0.2, -0.15) is 0 Å². The summed E-state index contributed by atoms with van der Waals surface area (Å²) in [5, 5.41) is 0.670. The van der Waals surface area contributed by atoms with Gasteiger partial charge in [-0.25, -0.2) is 4.98 Å². The number of ether oxygens (including phenoxy) is 1. The molecule has 0 bridgehead atoms. The maximum atomic E-state index is 6.40. The van der Waals surface area contributed by atoms with E-state index in [-0.39, 0.29) is 0 Å². The van der Waals surface area contributed by atoms with E-state index in [0.29, 0.717) is 10.9 Å². The maximum absolute atomic E-state index is 6.40. The van der Waals surface area contributed by atoms with Gasteiger partial charge in [0.1, 0.15) is 11.6 Å². The van der Waals surface area contributed by atoms with Crippen LogP contribution >= 0.6 is 23.2 Å². The van der Waals surface area contributed by atoms with Gasteiger partial charge >= 0.3 is 0 Å². The normalized spacial score (nSPS) is 11.0. The summed E-state index contributed by atoms with van der Waals surface area (Å²) in [6.45, 7) is 2.02. The quantitative estimate of drug-likeness (QED) is 0.652. The van der Waals surface area contributed by atoms with Crippen molar-refractivity contribution in [3.63, 3.8) is 0 Å². The summed E-state index contributed by atoms with van der Waals surface area (Å²) < 4.78 is 7.31. The van der Waals surface area contributed by atoms with Crippen LogP contribution in [0.3, 0.4) is 0 Å². The van der Waals surface area contributed by atoms with E-state index >= 15 is 0 Å². The molecule has 0 aliphatic heterocycles. The number of aryl methyl sites for hydroxylation is 1. The van der Waals surface area contributed by atoms with Gasteiger partial charge in [-0.05, 0) is 30.7 Å². The summed E-state index contributed by atoms with van der Waals surface area (Å²) in [4.78, 5) is 4.58. The van der Waals surface area contributed by atoms with Gasteiger partial charge in [0.2, 0.25) is 0 Å². The number of hydrogen-bond acceptors (Lipinski definition) is 2. The van der Waals surface area contributed by atoms with E-state index < -0.39 is 0 Å². The standard InChI is InChI=1S/C16H14Cl2N2O/c1-10-4-3-5-12(18)16(10)20-14-8-11(21-2)6-7-13(14)19-15(20)9-17/h3-8H,9H2,1-2H3. The van der Waals surface area contributed by atoms with Crippen LogP contribution in [0.4, 0.5) is 0 Å². The van der Waals surface area contributed by atoms with E-state index in [1.165, 1.54) is 0 Å². The molecular formula is C16H14Cl2N2O. The van der Waals surface area contributed by atoms with E-state index in [1.54, 1.807) is 7.11 Å². The molecular weight excluding hydrogens is 307 g/mol. The first-order chi connectivity index (χ1) is 10.2. The minimum Gasteiger partial charge on any atom is -0.497 e. The van der Waals surface area contributed by atoms with Crippen molar-refractivity contribution in [2.45, 2.75) is 12.8 Å². The Hall–Kier alpha value is -1.71. The highest BCUT2D eigenvalue weighted by Crippen LogP contribution is 2.31. The lowest BCUT2D eigenvalue weighted by Crippen LogP contribution is -2.02. The SMILES string of the molecule is COc1ccc2nc(CCl)n(-c3c(C)cccc3Cl)c2c1. The topological polar surface area (TPSA) is 27.1 Å². The lowest BCUT2D eigenvalue weighted by atomic mass is 10.2. The predicted molar refractivity (Wildman–Crippen MR) is 86.9 cm³/mol. The van der Waals surface area contributed by atoms with Crippen LogP contribution in [0.1, 0.15) is 11.4 Å². The summed E-state index contributed by atoms with van der Waals surface area (Å²) in [5.41, 5.74) is 3.77. The van der Waals surface area contributed by atoms with Crippen LogP contribution in [0.2, 0.25) is 5.02 Å². The number of rotatable bonds is 3. The number of nitrogens with zero attached hydrogens (tertiary/aromatic N) is 2. The molecule has 3 aromatic rings. The van der Waals surface area contributed by atoms with Crippen LogP contribution in [0, 0.1) is 6.92 Å². The van der Waals surface area contributed by atoms with E-state index in [0.717, 1.165) is 33.9 Å². The Balaban J connectivity index is 2.39. The van der Waals surface area contributed by atoms with Crippen LogP contribution < -0.4 is 4.74 Å². The Labute approximate surface area is 133 Å². The number of fused-ring (bicyclic) bond motifs is 1. The lowest BCUT2D eigenvalue weighted by Gasteiger charge is -2.13. The van der Waals surface area contributed by atoms with Gasteiger partial charge < -0.3 is 4.74 Å². The molecule has 5 heteroatoms. The van der Waals surface area contributed by atoms with Gasteiger partial charge in [0.05, 0.1) is 34.7 Å². The number of hydrogen-bond donors (Lipinski definition) is 0. The molecule has 0 unspecified atom stereocenters. The van der Waals surface area contributed by atoms with Gasteiger partial charge in [-0.3, -0.25) is 4.57 Å². The van der Waals surface area contributed by atoms with Gasteiger partial charge in [0.15, 0.2) is 0 Å². The van der Waals surface area contributed by atoms with Crippen molar-refractivity contribution in [3.8, 4) is 11.4 Å².